The molecule has 0 radical (unpaired) electrons. The molecule has 0 saturated carbocycles. The minimum atomic E-state index is -3.65. The van der Waals surface area contributed by atoms with Gasteiger partial charge in [-0.05, 0) is 30.7 Å². The van der Waals surface area contributed by atoms with Gasteiger partial charge in [0, 0.05) is 16.8 Å². The highest BCUT2D eigenvalue weighted by atomic mass is 32.2. The zero-order valence-corrected chi connectivity index (χ0v) is 15.8. The average Bonchev–Trinajstić information content (AvgIpc) is 3.05. The van der Waals surface area contributed by atoms with Crippen molar-refractivity contribution in [1.29, 1.82) is 0 Å². The van der Waals surface area contributed by atoms with E-state index in [9.17, 15) is 18.0 Å². The molecule has 2 rings (SSSR count). The molecule has 1 heterocycles. The largest absolute Gasteiger partial charge is 0.457 e. The van der Waals surface area contributed by atoms with Gasteiger partial charge in [0.1, 0.15) is 0 Å². The number of ether oxygens (including phenoxy) is 1. The van der Waals surface area contributed by atoms with E-state index in [0.29, 0.717) is 4.88 Å². The van der Waals surface area contributed by atoms with E-state index < -0.39 is 16.0 Å². The molecule has 0 fully saturated rings. The Bertz CT molecular complexity index is 885. The van der Waals surface area contributed by atoms with Gasteiger partial charge in [0.05, 0.1) is 11.3 Å². The number of hydrogen-bond donors (Lipinski definition) is 1. The van der Waals surface area contributed by atoms with Crippen LogP contribution in [-0.2, 0) is 19.6 Å². The lowest BCUT2D eigenvalue weighted by Gasteiger charge is -2.04. The third kappa shape index (κ3) is 6.91. The molecule has 0 aliphatic rings. The molecule has 0 unspecified atom stereocenters. The Kier molecular flexibility index (Phi) is 7.26. The zero-order chi connectivity index (χ0) is 19.0. The average molecular weight is 393 g/mol. The molecule has 2 aromatic rings. The lowest BCUT2D eigenvalue weighted by Crippen LogP contribution is -2.25. The second-order valence-electron chi connectivity index (χ2n) is 5.40. The third-order valence-corrected chi connectivity index (χ3v) is 5.39. The van der Waals surface area contributed by atoms with Crippen LogP contribution in [0.15, 0.2) is 47.9 Å². The van der Waals surface area contributed by atoms with E-state index in [4.69, 9.17) is 4.74 Å². The first-order valence-corrected chi connectivity index (χ1v) is 10.2. The maximum absolute atomic E-state index is 11.8. The summed E-state index contributed by atoms with van der Waals surface area (Å²) in [7, 11) is -3.65. The smallest absolute Gasteiger partial charge is 0.307 e. The molecular weight excluding hydrogens is 374 g/mol. The van der Waals surface area contributed by atoms with E-state index in [1.54, 1.807) is 30.3 Å². The molecule has 0 saturated heterocycles. The summed E-state index contributed by atoms with van der Waals surface area (Å²) in [6, 6.07) is 12.5. The standard InChI is InChI=1S/C18H19NO5S2/c1-14-7-8-17(25-14)16(20)13-24-18(21)9-11-19-26(22,23)12-10-15-5-3-2-4-6-15/h2-8,10,12,19H,9,11,13H2,1H3/b12-10+. The van der Waals surface area contributed by atoms with E-state index in [1.807, 2.05) is 19.1 Å². The summed E-state index contributed by atoms with van der Waals surface area (Å²) in [6.45, 7) is 1.43. The van der Waals surface area contributed by atoms with Crippen LogP contribution in [0.1, 0.15) is 26.5 Å². The first-order chi connectivity index (χ1) is 12.4. The highest BCUT2D eigenvalue weighted by molar-refractivity contribution is 7.92. The fourth-order valence-electron chi connectivity index (χ4n) is 1.95. The van der Waals surface area contributed by atoms with Crippen molar-refractivity contribution in [3.63, 3.8) is 0 Å². The van der Waals surface area contributed by atoms with Crippen molar-refractivity contribution in [1.82, 2.24) is 4.72 Å². The van der Waals surface area contributed by atoms with E-state index in [1.165, 1.54) is 17.4 Å². The number of hydrogen-bond acceptors (Lipinski definition) is 6. The van der Waals surface area contributed by atoms with Crippen LogP contribution in [0.5, 0.6) is 0 Å². The number of benzene rings is 1. The van der Waals surface area contributed by atoms with Gasteiger partial charge in [-0.25, -0.2) is 13.1 Å². The molecule has 0 aliphatic heterocycles. The number of nitrogens with one attached hydrogen (secondary N) is 1. The minimum Gasteiger partial charge on any atom is -0.457 e. The third-order valence-electron chi connectivity index (χ3n) is 3.25. The Morgan fingerprint density at radius 1 is 1.15 bits per heavy atom. The fourth-order valence-corrected chi connectivity index (χ4v) is 3.56. The van der Waals surface area contributed by atoms with Crippen LogP contribution in [0, 0.1) is 6.92 Å². The lowest BCUT2D eigenvalue weighted by molar-refractivity contribution is -0.142. The molecule has 138 valence electrons. The Hall–Kier alpha value is -2.29. The molecule has 1 N–H and O–H groups in total. The number of esters is 1. The quantitative estimate of drug-likeness (QED) is 0.523. The Morgan fingerprint density at radius 2 is 1.88 bits per heavy atom. The number of ketones is 1. The van der Waals surface area contributed by atoms with Crippen molar-refractivity contribution in [2.75, 3.05) is 13.2 Å². The van der Waals surface area contributed by atoms with Gasteiger partial charge in [0.25, 0.3) is 0 Å². The van der Waals surface area contributed by atoms with E-state index in [0.717, 1.165) is 15.8 Å². The first-order valence-electron chi connectivity index (χ1n) is 7.84. The van der Waals surface area contributed by atoms with Crippen LogP contribution in [-0.4, -0.2) is 33.3 Å². The van der Waals surface area contributed by atoms with Crippen molar-refractivity contribution in [2.24, 2.45) is 0 Å². The summed E-state index contributed by atoms with van der Waals surface area (Å²) in [5.41, 5.74) is 0.750. The summed E-state index contributed by atoms with van der Waals surface area (Å²) in [5.74, 6) is -0.913. The minimum absolute atomic E-state index is 0.105. The summed E-state index contributed by atoms with van der Waals surface area (Å²) < 4.78 is 30.8. The van der Waals surface area contributed by atoms with Gasteiger partial charge in [-0.15, -0.1) is 11.3 Å². The number of thiophene rings is 1. The van der Waals surface area contributed by atoms with Crippen LogP contribution >= 0.6 is 11.3 Å². The van der Waals surface area contributed by atoms with Crippen molar-refractivity contribution < 1.29 is 22.7 Å². The van der Waals surface area contributed by atoms with Gasteiger partial charge in [-0.1, -0.05) is 30.3 Å². The lowest BCUT2D eigenvalue weighted by atomic mass is 10.2. The Balaban J connectivity index is 1.72. The van der Waals surface area contributed by atoms with Crippen molar-refractivity contribution in [3.8, 4) is 0 Å². The molecule has 1 aromatic heterocycles. The molecule has 0 aliphatic carbocycles. The predicted molar refractivity (Wildman–Crippen MR) is 101 cm³/mol. The molecule has 8 heteroatoms. The predicted octanol–water partition coefficient (Wildman–Crippen LogP) is 2.76. The molecule has 0 amide bonds. The topological polar surface area (TPSA) is 89.5 Å². The van der Waals surface area contributed by atoms with Crippen LogP contribution in [0.3, 0.4) is 0 Å². The van der Waals surface area contributed by atoms with E-state index in [-0.39, 0.29) is 25.4 Å². The molecule has 0 atom stereocenters. The van der Waals surface area contributed by atoms with Crippen LogP contribution in [0.4, 0.5) is 0 Å². The van der Waals surface area contributed by atoms with Crippen molar-refractivity contribution in [3.05, 3.63) is 63.2 Å². The van der Waals surface area contributed by atoms with Gasteiger partial charge >= 0.3 is 5.97 Å². The number of rotatable bonds is 9. The van der Waals surface area contributed by atoms with Gasteiger partial charge < -0.3 is 4.74 Å². The monoisotopic (exact) mass is 393 g/mol. The molecule has 26 heavy (non-hydrogen) atoms. The second-order valence-corrected chi connectivity index (χ2v) is 8.34. The summed E-state index contributed by atoms with van der Waals surface area (Å²) >= 11 is 1.33. The van der Waals surface area contributed by atoms with Gasteiger partial charge in [-0.3, -0.25) is 9.59 Å². The Morgan fingerprint density at radius 3 is 2.54 bits per heavy atom. The second kappa shape index (κ2) is 9.42. The van der Waals surface area contributed by atoms with Gasteiger partial charge in [-0.2, -0.15) is 0 Å². The zero-order valence-electron chi connectivity index (χ0n) is 14.2. The summed E-state index contributed by atoms with van der Waals surface area (Å²) in [6.07, 6.45) is 1.30. The maximum Gasteiger partial charge on any atom is 0.307 e. The molecule has 6 nitrogen and oxygen atoms in total. The van der Waals surface area contributed by atoms with Crippen molar-refractivity contribution in [2.45, 2.75) is 13.3 Å². The number of aryl methyl sites for hydroxylation is 1. The first kappa shape index (κ1) is 20.0. The number of carbonyl (C=O) groups excluding carboxylic acids is 2. The van der Waals surface area contributed by atoms with Crippen LogP contribution in [0.2, 0.25) is 0 Å². The van der Waals surface area contributed by atoms with Crippen LogP contribution in [0.25, 0.3) is 6.08 Å². The number of sulfonamides is 1. The highest BCUT2D eigenvalue weighted by Crippen LogP contribution is 2.15. The Labute approximate surface area is 156 Å². The SMILES string of the molecule is Cc1ccc(C(=O)COC(=O)CCNS(=O)(=O)/C=C/c2ccccc2)s1. The molecule has 0 spiro atoms. The van der Waals surface area contributed by atoms with Crippen LogP contribution < -0.4 is 4.72 Å². The van der Waals surface area contributed by atoms with Gasteiger partial charge in [0.2, 0.25) is 15.8 Å². The van der Waals surface area contributed by atoms with E-state index in [2.05, 4.69) is 4.72 Å². The highest BCUT2D eigenvalue weighted by Gasteiger charge is 2.12. The molecule has 0 bridgehead atoms. The number of carbonyl (C=O) groups is 2. The van der Waals surface area contributed by atoms with E-state index >= 15 is 0 Å². The van der Waals surface area contributed by atoms with Crippen molar-refractivity contribution >= 4 is 39.2 Å². The number of Topliss-reactive ketones (excluding diaryl/α,β-unsaturated/α-hetero) is 1. The molecular formula is C18H19NO5S2. The fraction of sp³-hybridized carbons (Fsp3) is 0.222. The summed E-state index contributed by atoms with van der Waals surface area (Å²) in [5, 5.41) is 1.04. The molecule has 1 aromatic carbocycles. The maximum atomic E-state index is 11.8. The van der Waals surface area contributed by atoms with Gasteiger partial charge in [0.15, 0.2) is 6.61 Å². The summed E-state index contributed by atoms with van der Waals surface area (Å²) in [4.78, 5) is 25.0. The normalized spacial score (nSPS) is 11.6.